The average molecular weight is 470 g/mol. The van der Waals surface area contributed by atoms with Crippen molar-refractivity contribution in [3.05, 3.63) is 58.6 Å². The highest BCUT2D eigenvalue weighted by molar-refractivity contribution is 7.89. The first-order valence-corrected chi connectivity index (χ1v) is 12.6. The van der Waals surface area contributed by atoms with Gasteiger partial charge in [-0.25, -0.2) is 21.6 Å². The highest BCUT2D eigenvalue weighted by Crippen LogP contribution is 2.22. The van der Waals surface area contributed by atoms with Crippen LogP contribution in [0.5, 0.6) is 5.75 Å². The van der Waals surface area contributed by atoms with Gasteiger partial charge in [-0.05, 0) is 49.2 Å². The highest BCUT2D eigenvalue weighted by Gasteiger charge is 2.25. The largest absolute Gasteiger partial charge is 0.492 e. The van der Waals surface area contributed by atoms with E-state index in [2.05, 4.69) is 4.72 Å². The van der Waals surface area contributed by atoms with Crippen LogP contribution in [0.25, 0.3) is 0 Å². The predicted molar refractivity (Wildman–Crippen MR) is 113 cm³/mol. The molecule has 3 rings (SSSR count). The number of nitrogens with one attached hydrogen (secondary N) is 1. The maximum atomic E-state index is 12.6. The van der Waals surface area contributed by atoms with Crippen LogP contribution in [0.3, 0.4) is 0 Å². The van der Waals surface area contributed by atoms with Crippen LogP contribution >= 0.6 is 0 Å². The molecule has 10 nitrogen and oxygen atoms in total. The van der Waals surface area contributed by atoms with E-state index < -0.39 is 25.0 Å². The third-order valence-electron chi connectivity index (χ3n) is 4.80. The van der Waals surface area contributed by atoms with E-state index in [-0.39, 0.29) is 28.6 Å². The summed E-state index contributed by atoms with van der Waals surface area (Å²) in [5, 5.41) is 10.7. The molecule has 168 valence electrons. The third-order valence-corrected chi connectivity index (χ3v) is 8.19. The van der Waals surface area contributed by atoms with Gasteiger partial charge >= 0.3 is 0 Å². The number of benzene rings is 2. The Labute approximate surface area is 181 Å². The summed E-state index contributed by atoms with van der Waals surface area (Å²) < 4.78 is 59.0. The van der Waals surface area contributed by atoms with Crippen molar-refractivity contribution in [2.24, 2.45) is 0 Å². The number of hydrogen-bond donors (Lipinski definition) is 1. The molecule has 0 bridgehead atoms. The Morgan fingerprint density at radius 3 is 2.06 bits per heavy atom. The fraction of sp³-hybridized carbons (Fsp3) is 0.368. The molecule has 1 aliphatic rings. The van der Waals surface area contributed by atoms with Crippen molar-refractivity contribution in [1.29, 1.82) is 0 Å². The second-order valence-corrected chi connectivity index (χ2v) is 10.6. The summed E-state index contributed by atoms with van der Waals surface area (Å²) in [5.74, 6) is 0.409. The number of non-ortho nitro benzene ring substituents is 1. The van der Waals surface area contributed by atoms with Gasteiger partial charge in [-0.2, -0.15) is 4.31 Å². The zero-order chi connectivity index (χ0) is 22.5. The van der Waals surface area contributed by atoms with Gasteiger partial charge in [-0.1, -0.05) is 6.42 Å². The van der Waals surface area contributed by atoms with Crippen molar-refractivity contribution in [2.75, 3.05) is 26.2 Å². The fourth-order valence-corrected chi connectivity index (χ4v) is 5.67. The molecule has 12 heteroatoms. The smallest absolute Gasteiger partial charge is 0.269 e. The van der Waals surface area contributed by atoms with Crippen molar-refractivity contribution < 1.29 is 26.5 Å². The molecule has 1 saturated heterocycles. The maximum Gasteiger partial charge on any atom is 0.269 e. The van der Waals surface area contributed by atoms with Gasteiger partial charge < -0.3 is 4.74 Å². The van der Waals surface area contributed by atoms with Gasteiger partial charge in [0.25, 0.3) is 5.69 Å². The molecule has 0 spiro atoms. The first kappa shape index (κ1) is 23.1. The number of sulfonamides is 2. The highest BCUT2D eigenvalue weighted by atomic mass is 32.2. The summed E-state index contributed by atoms with van der Waals surface area (Å²) in [6, 6.07) is 10.5. The van der Waals surface area contributed by atoms with E-state index in [9.17, 15) is 26.9 Å². The SMILES string of the molecule is O=[N+]([O-])c1ccc(S(=O)(=O)NCCOc2ccc(S(=O)(=O)N3CCCCC3)cc2)cc1. The van der Waals surface area contributed by atoms with Crippen LogP contribution in [-0.2, 0) is 20.0 Å². The van der Waals surface area contributed by atoms with Gasteiger partial charge in [0.1, 0.15) is 12.4 Å². The normalized spacial score (nSPS) is 15.5. The Morgan fingerprint density at radius 2 is 1.48 bits per heavy atom. The lowest BCUT2D eigenvalue weighted by Gasteiger charge is -2.25. The van der Waals surface area contributed by atoms with Crippen molar-refractivity contribution in [3.63, 3.8) is 0 Å². The van der Waals surface area contributed by atoms with Crippen LogP contribution in [0, 0.1) is 10.1 Å². The molecular weight excluding hydrogens is 446 g/mol. The van der Waals surface area contributed by atoms with E-state index in [1.54, 1.807) is 0 Å². The van der Waals surface area contributed by atoms with E-state index in [1.807, 2.05) is 0 Å². The van der Waals surface area contributed by atoms with Gasteiger partial charge in [-0.15, -0.1) is 0 Å². The number of nitro groups is 1. The lowest BCUT2D eigenvalue weighted by Crippen LogP contribution is -2.35. The molecule has 1 N–H and O–H groups in total. The van der Waals surface area contributed by atoms with Gasteiger partial charge in [0.15, 0.2) is 0 Å². The van der Waals surface area contributed by atoms with Crippen LogP contribution in [0.4, 0.5) is 5.69 Å². The summed E-state index contributed by atoms with van der Waals surface area (Å²) >= 11 is 0. The third kappa shape index (κ3) is 5.79. The first-order chi connectivity index (χ1) is 14.7. The Hall–Kier alpha value is -2.54. The second-order valence-electron chi connectivity index (χ2n) is 6.93. The van der Waals surface area contributed by atoms with Crippen LogP contribution in [-0.4, -0.2) is 52.3 Å². The summed E-state index contributed by atoms with van der Waals surface area (Å²) in [4.78, 5) is 10.1. The Balaban J connectivity index is 1.52. The van der Waals surface area contributed by atoms with Gasteiger partial charge in [0.05, 0.1) is 14.7 Å². The molecule has 2 aromatic carbocycles. The summed E-state index contributed by atoms with van der Waals surface area (Å²) in [6.07, 6.45) is 2.75. The monoisotopic (exact) mass is 469 g/mol. The molecule has 2 aromatic rings. The quantitative estimate of drug-likeness (QED) is 0.337. The van der Waals surface area contributed by atoms with Crippen LogP contribution in [0.1, 0.15) is 19.3 Å². The Morgan fingerprint density at radius 1 is 0.903 bits per heavy atom. The molecule has 0 amide bonds. The average Bonchev–Trinajstić information content (AvgIpc) is 2.78. The number of piperidine rings is 1. The predicted octanol–water partition coefficient (Wildman–Crippen LogP) is 2.13. The molecule has 0 unspecified atom stereocenters. The summed E-state index contributed by atoms with van der Waals surface area (Å²) in [7, 11) is -7.35. The number of nitrogens with zero attached hydrogens (tertiary/aromatic N) is 2. The Kier molecular flexibility index (Phi) is 7.26. The molecule has 1 fully saturated rings. The first-order valence-electron chi connectivity index (χ1n) is 9.67. The van der Waals surface area contributed by atoms with Crippen molar-refractivity contribution in [2.45, 2.75) is 29.1 Å². The molecule has 0 radical (unpaired) electrons. The van der Waals surface area contributed by atoms with E-state index >= 15 is 0 Å². The Bertz CT molecular complexity index is 1110. The van der Waals surface area contributed by atoms with E-state index in [0.717, 1.165) is 43.5 Å². The molecule has 1 aliphatic heterocycles. The molecule has 0 saturated carbocycles. The lowest BCUT2D eigenvalue weighted by molar-refractivity contribution is -0.384. The molecule has 0 atom stereocenters. The number of hydrogen-bond acceptors (Lipinski definition) is 7. The van der Waals surface area contributed by atoms with Gasteiger partial charge in [0, 0.05) is 31.8 Å². The topological polar surface area (TPSA) is 136 Å². The van der Waals surface area contributed by atoms with E-state index in [4.69, 9.17) is 4.74 Å². The van der Waals surface area contributed by atoms with Crippen molar-refractivity contribution in [3.8, 4) is 5.75 Å². The van der Waals surface area contributed by atoms with E-state index in [1.165, 1.54) is 28.6 Å². The van der Waals surface area contributed by atoms with Crippen LogP contribution < -0.4 is 9.46 Å². The molecule has 0 aliphatic carbocycles. The standard InChI is InChI=1S/C19H23N3O7S2/c23-22(24)16-4-8-18(9-5-16)30(25,26)20-12-15-29-17-6-10-19(11-7-17)31(27,28)21-13-2-1-3-14-21/h4-11,20H,1-3,12-15H2. The van der Waals surface area contributed by atoms with E-state index in [0.29, 0.717) is 18.8 Å². The van der Waals surface area contributed by atoms with Gasteiger partial charge in [0.2, 0.25) is 20.0 Å². The summed E-state index contributed by atoms with van der Waals surface area (Å²) in [6.45, 7) is 1.03. The lowest BCUT2D eigenvalue weighted by atomic mass is 10.2. The zero-order valence-electron chi connectivity index (χ0n) is 16.6. The van der Waals surface area contributed by atoms with Crippen molar-refractivity contribution >= 4 is 25.7 Å². The van der Waals surface area contributed by atoms with Crippen LogP contribution in [0.2, 0.25) is 0 Å². The minimum absolute atomic E-state index is 0.0183. The molecular formula is C19H23N3O7S2. The van der Waals surface area contributed by atoms with Crippen LogP contribution in [0.15, 0.2) is 58.3 Å². The molecule has 0 aromatic heterocycles. The minimum Gasteiger partial charge on any atom is -0.492 e. The number of ether oxygens (including phenoxy) is 1. The van der Waals surface area contributed by atoms with Gasteiger partial charge in [-0.3, -0.25) is 10.1 Å². The zero-order valence-corrected chi connectivity index (χ0v) is 18.3. The number of nitro benzene ring substituents is 1. The maximum absolute atomic E-state index is 12.6. The molecule has 31 heavy (non-hydrogen) atoms. The minimum atomic E-state index is -3.83. The number of rotatable bonds is 9. The second kappa shape index (κ2) is 9.73. The summed E-state index contributed by atoms with van der Waals surface area (Å²) in [5.41, 5.74) is -0.201. The van der Waals surface area contributed by atoms with Crippen molar-refractivity contribution in [1.82, 2.24) is 9.03 Å². The molecule has 1 heterocycles. The fourth-order valence-electron chi connectivity index (χ4n) is 3.14.